The first-order valence-electron chi connectivity index (χ1n) is 10.9. The first-order valence-corrected chi connectivity index (χ1v) is 10.9. The Labute approximate surface area is 186 Å². The van der Waals surface area contributed by atoms with Gasteiger partial charge in [-0.1, -0.05) is 36.4 Å². The molecule has 32 heavy (non-hydrogen) atoms. The Morgan fingerprint density at radius 2 is 1.78 bits per heavy atom. The van der Waals surface area contributed by atoms with Gasteiger partial charge in [0, 0.05) is 31.0 Å². The quantitative estimate of drug-likeness (QED) is 0.582. The number of rotatable bonds is 5. The molecule has 0 bridgehead atoms. The van der Waals surface area contributed by atoms with Crippen molar-refractivity contribution >= 4 is 17.7 Å². The lowest BCUT2D eigenvalue weighted by atomic mass is 10.0. The summed E-state index contributed by atoms with van der Waals surface area (Å²) in [6, 6.07) is 18.4. The van der Waals surface area contributed by atoms with E-state index in [0.29, 0.717) is 36.2 Å². The zero-order chi connectivity index (χ0) is 22.1. The smallest absolute Gasteiger partial charge is 0.261 e. The molecule has 0 N–H and O–H groups in total. The van der Waals surface area contributed by atoms with E-state index in [1.54, 1.807) is 30.6 Å². The maximum Gasteiger partial charge on any atom is 0.261 e. The summed E-state index contributed by atoms with van der Waals surface area (Å²) in [5.74, 6) is -0.753. The van der Waals surface area contributed by atoms with Crippen LogP contribution in [0.5, 0.6) is 0 Å². The third-order valence-electron chi connectivity index (χ3n) is 6.27. The molecule has 0 radical (unpaired) electrons. The number of hydrogen-bond acceptors (Lipinski definition) is 4. The Balaban J connectivity index is 1.36. The zero-order valence-electron chi connectivity index (χ0n) is 17.6. The second-order valence-corrected chi connectivity index (χ2v) is 8.20. The third-order valence-corrected chi connectivity index (χ3v) is 6.27. The Hall–Kier alpha value is -3.80. The number of carbonyl (C=O) groups is 3. The van der Waals surface area contributed by atoms with Crippen molar-refractivity contribution in [1.82, 2.24) is 14.8 Å². The fraction of sp³-hybridized carbons (Fsp3) is 0.231. The van der Waals surface area contributed by atoms with E-state index in [1.165, 1.54) is 4.90 Å². The van der Waals surface area contributed by atoms with Gasteiger partial charge in [0.1, 0.15) is 0 Å². The summed E-state index contributed by atoms with van der Waals surface area (Å²) in [6.45, 7) is 0.973. The van der Waals surface area contributed by atoms with Gasteiger partial charge in [-0.3, -0.25) is 24.3 Å². The molecule has 0 saturated carbocycles. The average molecular weight is 425 g/mol. The van der Waals surface area contributed by atoms with E-state index >= 15 is 0 Å². The minimum atomic E-state index is -0.333. The third kappa shape index (κ3) is 3.58. The molecule has 1 aromatic heterocycles. The van der Waals surface area contributed by atoms with Gasteiger partial charge in [-0.05, 0) is 54.7 Å². The number of aromatic nitrogens is 1. The van der Waals surface area contributed by atoms with Crippen LogP contribution in [0, 0.1) is 0 Å². The van der Waals surface area contributed by atoms with E-state index in [0.717, 1.165) is 24.0 Å². The minimum absolute atomic E-state index is 0.0239. The van der Waals surface area contributed by atoms with Crippen molar-refractivity contribution in [3.63, 3.8) is 0 Å². The van der Waals surface area contributed by atoms with Crippen LogP contribution in [0.25, 0.3) is 0 Å². The first-order chi connectivity index (χ1) is 15.6. The molecule has 160 valence electrons. The van der Waals surface area contributed by atoms with E-state index in [1.807, 2.05) is 47.4 Å². The van der Waals surface area contributed by atoms with Gasteiger partial charge < -0.3 is 4.90 Å². The van der Waals surface area contributed by atoms with Gasteiger partial charge >= 0.3 is 0 Å². The molecule has 1 saturated heterocycles. The van der Waals surface area contributed by atoms with Crippen LogP contribution in [-0.4, -0.2) is 45.6 Å². The Kier molecular flexibility index (Phi) is 5.27. The van der Waals surface area contributed by atoms with E-state index in [9.17, 15) is 14.4 Å². The first kappa shape index (κ1) is 20.1. The number of benzene rings is 2. The molecule has 1 atom stereocenters. The predicted molar refractivity (Wildman–Crippen MR) is 119 cm³/mol. The highest BCUT2D eigenvalue weighted by Crippen LogP contribution is 2.33. The fourth-order valence-electron chi connectivity index (χ4n) is 4.61. The molecule has 2 aliphatic heterocycles. The Morgan fingerprint density at radius 3 is 2.56 bits per heavy atom. The maximum absolute atomic E-state index is 13.3. The molecule has 5 rings (SSSR count). The van der Waals surface area contributed by atoms with Gasteiger partial charge in [0.2, 0.25) is 0 Å². The minimum Gasteiger partial charge on any atom is -0.332 e. The molecule has 3 aromatic rings. The van der Waals surface area contributed by atoms with Gasteiger partial charge in [-0.25, -0.2) is 0 Å². The molecule has 6 heteroatoms. The Bertz CT molecular complexity index is 1180. The van der Waals surface area contributed by atoms with Crippen LogP contribution in [0.3, 0.4) is 0 Å². The van der Waals surface area contributed by atoms with Crippen molar-refractivity contribution in [1.29, 1.82) is 0 Å². The number of carbonyl (C=O) groups excluding carboxylic acids is 3. The number of hydrogen-bond donors (Lipinski definition) is 0. The lowest BCUT2D eigenvalue weighted by Crippen LogP contribution is -2.32. The molecule has 1 fully saturated rings. The van der Waals surface area contributed by atoms with E-state index in [4.69, 9.17) is 0 Å². The summed E-state index contributed by atoms with van der Waals surface area (Å²) >= 11 is 0. The van der Waals surface area contributed by atoms with Gasteiger partial charge in [0.05, 0.1) is 17.2 Å². The van der Waals surface area contributed by atoms with Crippen LogP contribution in [0.4, 0.5) is 0 Å². The maximum atomic E-state index is 13.3. The zero-order valence-corrected chi connectivity index (χ0v) is 17.6. The molecule has 0 unspecified atom stereocenters. The summed E-state index contributed by atoms with van der Waals surface area (Å²) < 4.78 is 0. The molecule has 3 amide bonds. The number of likely N-dealkylation sites (tertiary alicyclic amines) is 1. The molecular formula is C26H23N3O3. The van der Waals surface area contributed by atoms with Gasteiger partial charge in [0.25, 0.3) is 17.7 Å². The average Bonchev–Trinajstić information content (AvgIpc) is 3.42. The number of pyridine rings is 1. The van der Waals surface area contributed by atoms with Crippen molar-refractivity contribution < 1.29 is 14.4 Å². The lowest BCUT2D eigenvalue weighted by molar-refractivity contribution is 0.0655. The molecule has 3 heterocycles. The van der Waals surface area contributed by atoms with E-state index in [-0.39, 0.29) is 23.8 Å². The monoisotopic (exact) mass is 425 g/mol. The van der Waals surface area contributed by atoms with Gasteiger partial charge in [-0.2, -0.15) is 0 Å². The predicted octanol–water partition coefficient (Wildman–Crippen LogP) is 3.90. The second-order valence-electron chi connectivity index (χ2n) is 8.20. The molecular weight excluding hydrogens is 402 g/mol. The topological polar surface area (TPSA) is 70.6 Å². The van der Waals surface area contributed by atoms with Crippen molar-refractivity contribution in [3.8, 4) is 0 Å². The van der Waals surface area contributed by atoms with Crippen molar-refractivity contribution in [2.45, 2.75) is 25.3 Å². The fourth-order valence-corrected chi connectivity index (χ4v) is 4.61. The normalized spacial score (nSPS) is 17.7. The van der Waals surface area contributed by atoms with Crippen LogP contribution in [0.2, 0.25) is 0 Å². The van der Waals surface area contributed by atoms with Gasteiger partial charge in [0.15, 0.2) is 0 Å². The van der Waals surface area contributed by atoms with Crippen molar-refractivity contribution in [2.24, 2.45) is 0 Å². The van der Waals surface area contributed by atoms with Crippen LogP contribution in [0.15, 0.2) is 73.1 Å². The van der Waals surface area contributed by atoms with Gasteiger partial charge in [-0.15, -0.1) is 0 Å². The van der Waals surface area contributed by atoms with Crippen LogP contribution in [0.1, 0.15) is 61.1 Å². The van der Waals surface area contributed by atoms with Crippen LogP contribution < -0.4 is 0 Å². The highest BCUT2D eigenvalue weighted by molar-refractivity contribution is 6.22. The Morgan fingerprint density at radius 1 is 0.969 bits per heavy atom. The molecule has 2 aromatic carbocycles. The molecule has 0 spiro atoms. The number of nitrogens with zero attached hydrogens (tertiary/aromatic N) is 3. The lowest BCUT2D eigenvalue weighted by Gasteiger charge is -2.25. The second kappa shape index (κ2) is 8.38. The van der Waals surface area contributed by atoms with E-state index in [2.05, 4.69) is 4.98 Å². The summed E-state index contributed by atoms with van der Waals surface area (Å²) in [5, 5.41) is 0. The van der Waals surface area contributed by atoms with E-state index < -0.39 is 0 Å². The standard InChI is InChI=1S/C26H23N3O3/c30-24(28-14-5-9-23(28)20-8-4-13-27-17-20)19-10-11-21-22(16-19)26(32)29(25(21)31)15-12-18-6-2-1-3-7-18/h1-4,6-8,10-11,13,16-17,23H,5,9,12,14-15H2/t23-/m1/s1. The summed E-state index contributed by atoms with van der Waals surface area (Å²) in [4.78, 5) is 46.4. The molecule has 6 nitrogen and oxygen atoms in total. The summed E-state index contributed by atoms with van der Waals surface area (Å²) in [6.07, 6.45) is 5.91. The molecule has 0 aliphatic carbocycles. The highest BCUT2D eigenvalue weighted by atomic mass is 16.2. The SMILES string of the molecule is O=C1c2ccc(C(=O)N3CCC[C@@H]3c3cccnc3)cc2C(=O)N1CCc1ccccc1. The van der Waals surface area contributed by atoms with Crippen LogP contribution >= 0.6 is 0 Å². The van der Waals surface area contributed by atoms with Crippen molar-refractivity contribution in [3.05, 3.63) is 101 Å². The highest BCUT2D eigenvalue weighted by Gasteiger charge is 2.37. The number of amides is 3. The van der Waals surface area contributed by atoms with Crippen LogP contribution in [-0.2, 0) is 6.42 Å². The number of imide groups is 1. The van der Waals surface area contributed by atoms with Crippen molar-refractivity contribution in [2.75, 3.05) is 13.1 Å². The summed E-state index contributed by atoms with van der Waals surface area (Å²) in [7, 11) is 0. The number of fused-ring (bicyclic) bond motifs is 1. The largest absolute Gasteiger partial charge is 0.332 e. The summed E-state index contributed by atoms with van der Waals surface area (Å²) in [5.41, 5.74) is 3.19. The molecule has 2 aliphatic rings.